The molecule has 0 heterocycles. The van der Waals surface area contributed by atoms with Gasteiger partial charge in [0.05, 0.1) is 14.2 Å². The first-order valence-electron chi connectivity index (χ1n) is 3.38. The molecule has 2 heteroatoms. The van der Waals surface area contributed by atoms with Gasteiger partial charge in [0.2, 0.25) is 0 Å². The average molecular weight is 151 g/mol. The summed E-state index contributed by atoms with van der Waals surface area (Å²) in [6, 6.07) is 6.57. The predicted molar refractivity (Wildman–Crippen MR) is 43.1 cm³/mol. The molecule has 0 aromatic heterocycles. The number of hydrogen-bond donors (Lipinski definition) is 0. The second-order valence-electron chi connectivity index (χ2n) is 2.24. The van der Waals surface area contributed by atoms with Crippen molar-refractivity contribution >= 4 is 0 Å². The van der Waals surface area contributed by atoms with Crippen molar-refractivity contribution < 1.29 is 9.47 Å². The Morgan fingerprint density at radius 2 is 1.91 bits per heavy atom. The lowest BCUT2D eigenvalue weighted by Crippen LogP contribution is -1.92. The van der Waals surface area contributed by atoms with Crippen molar-refractivity contribution in [3.05, 3.63) is 23.8 Å². The Balaban J connectivity index is 3.13. The monoisotopic (exact) mass is 151 g/mol. The van der Waals surface area contributed by atoms with Crippen LogP contribution < -0.4 is 9.47 Å². The largest absolute Gasteiger partial charge is 0.493 e. The van der Waals surface area contributed by atoms with E-state index in [1.54, 1.807) is 20.3 Å². The highest BCUT2D eigenvalue weighted by Gasteiger charge is 2.03. The SMILES string of the molecule is COc1c[c]cc(C)c1OC. The fraction of sp³-hybridized carbons (Fsp3) is 0.333. The fourth-order valence-electron chi connectivity index (χ4n) is 0.981. The van der Waals surface area contributed by atoms with Crippen LogP contribution in [0.1, 0.15) is 5.56 Å². The molecule has 0 unspecified atom stereocenters. The third-order valence-electron chi connectivity index (χ3n) is 1.52. The summed E-state index contributed by atoms with van der Waals surface area (Å²) in [6.45, 7) is 1.96. The van der Waals surface area contributed by atoms with Crippen molar-refractivity contribution in [2.75, 3.05) is 14.2 Å². The molecule has 1 rings (SSSR count). The predicted octanol–water partition coefficient (Wildman–Crippen LogP) is 1.81. The summed E-state index contributed by atoms with van der Waals surface area (Å²) >= 11 is 0. The van der Waals surface area contributed by atoms with Crippen LogP contribution >= 0.6 is 0 Å². The Morgan fingerprint density at radius 3 is 2.36 bits per heavy atom. The maximum Gasteiger partial charge on any atom is 0.163 e. The summed E-state index contributed by atoms with van der Waals surface area (Å²) in [6.07, 6.45) is 0. The van der Waals surface area contributed by atoms with Crippen LogP contribution in [0.5, 0.6) is 11.5 Å². The lowest BCUT2D eigenvalue weighted by atomic mass is 10.2. The van der Waals surface area contributed by atoms with Crippen LogP contribution in [-0.2, 0) is 0 Å². The lowest BCUT2D eigenvalue weighted by Gasteiger charge is -2.08. The van der Waals surface area contributed by atoms with E-state index in [0.29, 0.717) is 0 Å². The van der Waals surface area contributed by atoms with Gasteiger partial charge in [0.15, 0.2) is 11.5 Å². The number of rotatable bonds is 2. The molecule has 0 saturated carbocycles. The average Bonchev–Trinajstić information content (AvgIpc) is 2.04. The fourth-order valence-corrected chi connectivity index (χ4v) is 0.981. The van der Waals surface area contributed by atoms with Crippen LogP contribution in [0, 0.1) is 13.0 Å². The Morgan fingerprint density at radius 1 is 1.18 bits per heavy atom. The zero-order chi connectivity index (χ0) is 8.27. The third-order valence-corrected chi connectivity index (χ3v) is 1.52. The quantitative estimate of drug-likeness (QED) is 0.641. The van der Waals surface area contributed by atoms with E-state index in [1.807, 2.05) is 13.0 Å². The first-order chi connectivity index (χ1) is 5.29. The molecule has 0 aliphatic carbocycles. The smallest absolute Gasteiger partial charge is 0.163 e. The highest BCUT2D eigenvalue weighted by molar-refractivity contribution is 5.45. The van der Waals surface area contributed by atoms with Gasteiger partial charge in [0.1, 0.15) is 0 Å². The molecule has 59 valence electrons. The van der Waals surface area contributed by atoms with E-state index in [-0.39, 0.29) is 0 Å². The molecular weight excluding hydrogens is 140 g/mol. The lowest BCUT2D eigenvalue weighted by molar-refractivity contribution is 0.353. The molecule has 11 heavy (non-hydrogen) atoms. The minimum atomic E-state index is 0.729. The van der Waals surface area contributed by atoms with Crippen molar-refractivity contribution in [1.29, 1.82) is 0 Å². The number of hydrogen-bond acceptors (Lipinski definition) is 2. The van der Waals surface area contributed by atoms with Crippen LogP contribution in [0.3, 0.4) is 0 Å². The molecule has 1 aromatic carbocycles. The van der Waals surface area contributed by atoms with Crippen molar-refractivity contribution in [2.45, 2.75) is 6.92 Å². The van der Waals surface area contributed by atoms with E-state index in [0.717, 1.165) is 17.1 Å². The molecule has 1 aromatic rings. The third kappa shape index (κ3) is 1.45. The van der Waals surface area contributed by atoms with Crippen LogP contribution in [-0.4, -0.2) is 14.2 Å². The van der Waals surface area contributed by atoms with Gasteiger partial charge in [-0.3, -0.25) is 0 Å². The van der Waals surface area contributed by atoms with E-state index in [1.165, 1.54) is 0 Å². The maximum absolute atomic E-state index is 5.12. The van der Waals surface area contributed by atoms with Gasteiger partial charge in [-0.25, -0.2) is 0 Å². The summed E-state index contributed by atoms with van der Waals surface area (Å²) in [7, 11) is 3.25. The van der Waals surface area contributed by atoms with Crippen LogP contribution in [0.15, 0.2) is 12.1 Å². The number of methoxy groups -OCH3 is 2. The molecule has 0 spiro atoms. The summed E-state index contributed by atoms with van der Waals surface area (Å²) < 4.78 is 10.2. The standard InChI is InChI=1S/C9H11O2/c1-7-5-4-6-8(10-2)9(7)11-3/h5-6H,1-3H3. The van der Waals surface area contributed by atoms with Crippen LogP contribution in [0.4, 0.5) is 0 Å². The van der Waals surface area contributed by atoms with Gasteiger partial charge in [0.25, 0.3) is 0 Å². The van der Waals surface area contributed by atoms with Crippen molar-refractivity contribution in [2.24, 2.45) is 0 Å². The second-order valence-corrected chi connectivity index (χ2v) is 2.24. The Labute approximate surface area is 66.8 Å². The molecule has 0 aliphatic rings. The van der Waals surface area contributed by atoms with Gasteiger partial charge >= 0.3 is 0 Å². The molecule has 2 nitrogen and oxygen atoms in total. The molecule has 0 atom stereocenters. The van der Waals surface area contributed by atoms with Gasteiger partial charge in [-0.05, 0) is 30.7 Å². The van der Waals surface area contributed by atoms with Crippen LogP contribution in [0.2, 0.25) is 0 Å². The Hall–Kier alpha value is -1.18. The van der Waals surface area contributed by atoms with E-state index in [9.17, 15) is 0 Å². The molecule has 0 amide bonds. The minimum Gasteiger partial charge on any atom is -0.493 e. The molecule has 0 bridgehead atoms. The van der Waals surface area contributed by atoms with E-state index in [2.05, 4.69) is 6.07 Å². The highest BCUT2D eigenvalue weighted by atomic mass is 16.5. The van der Waals surface area contributed by atoms with E-state index in [4.69, 9.17) is 9.47 Å². The van der Waals surface area contributed by atoms with Gasteiger partial charge in [-0.1, -0.05) is 0 Å². The summed E-state index contributed by atoms with van der Waals surface area (Å²) in [5.74, 6) is 1.51. The Bertz CT molecular complexity index is 243. The molecular formula is C9H11O2. The highest BCUT2D eigenvalue weighted by Crippen LogP contribution is 2.29. The van der Waals surface area contributed by atoms with E-state index < -0.39 is 0 Å². The molecule has 0 saturated heterocycles. The molecule has 0 N–H and O–H groups in total. The molecule has 0 fully saturated rings. The van der Waals surface area contributed by atoms with Gasteiger partial charge in [0, 0.05) is 0 Å². The van der Waals surface area contributed by atoms with Gasteiger partial charge in [-0.15, -0.1) is 0 Å². The van der Waals surface area contributed by atoms with Crippen molar-refractivity contribution in [3.8, 4) is 11.5 Å². The minimum absolute atomic E-state index is 0.729. The summed E-state index contributed by atoms with van der Waals surface area (Å²) in [5, 5.41) is 0. The summed E-state index contributed by atoms with van der Waals surface area (Å²) in [4.78, 5) is 0. The zero-order valence-corrected chi connectivity index (χ0v) is 6.97. The van der Waals surface area contributed by atoms with Crippen LogP contribution in [0.25, 0.3) is 0 Å². The van der Waals surface area contributed by atoms with Crippen molar-refractivity contribution in [3.63, 3.8) is 0 Å². The van der Waals surface area contributed by atoms with Gasteiger partial charge < -0.3 is 9.47 Å². The second kappa shape index (κ2) is 3.28. The first-order valence-corrected chi connectivity index (χ1v) is 3.38. The molecule has 1 radical (unpaired) electrons. The van der Waals surface area contributed by atoms with E-state index >= 15 is 0 Å². The summed E-state index contributed by atoms with van der Waals surface area (Å²) in [5.41, 5.74) is 1.03. The number of ether oxygens (including phenoxy) is 2. The normalized spacial score (nSPS) is 9.36. The van der Waals surface area contributed by atoms with Crippen molar-refractivity contribution in [1.82, 2.24) is 0 Å². The molecule has 0 aliphatic heterocycles. The first kappa shape index (κ1) is 7.92. The topological polar surface area (TPSA) is 18.5 Å². The number of benzene rings is 1. The zero-order valence-electron chi connectivity index (χ0n) is 6.97. The Kier molecular flexibility index (Phi) is 2.36. The van der Waals surface area contributed by atoms with Gasteiger partial charge in [-0.2, -0.15) is 0 Å². The number of aryl methyl sites for hydroxylation is 1. The maximum atomic E-state index is 5.12.